The van der Waals surface area contributed by atoms with Crippen molar-refractivity contribution in [2.45, 2.75) is 12.5 Å². The van der Waals surface area contributed by atoms with Crippen molar-refractivity contribution in [2.24, 2.45) is 5.73 Å². The maximum atomic E-state index is 6.08. The van der Waals surface area contributed by atoms with Gasteiger partial charge >= 0.3 is 0 Å². The lowest BCUT2D eigenvalue weighted by atomic mass is 10.3. The molecule has 1 aromatic heterocycles. The summed E-state index contributed by atoms with van der Waals surface area (Å²) < 4.78 is 0.898. The number of rotatable bonds is 1. The third-order valence-corrected chi connectivity index (χ3v) is 3.02. The molecular weight excluding hydrogens is 265 g/mol. The number of halogens is 2. The molecular formula is C9H11BrClN3. The van der Waals surface area contributed by atoms with Crippen molar-refractivity contribution < 1.29 is 0 Å². The molecule has 1 unspecified atom stereocenters. The largest absolute Gasteiger partial charge is 0.354 e. The summed E-state index contributed by atoms with van der Waals surface area (Å²) in [6.07, 6.45) is 2.76. The topological polar surface area (TPSA) is 42.1 Å². The molecule has 1 aliphatic rings. The van der Waals surface area contributed by atoms with E-state index in [9.17, 15) is 0 Å². The van der Waals surface area contributed by atoms with Crippen molar-refractivity contribution in [1.82, 2.24) is 4.98 Å². The van der Waals surface area contributed by atoms with Crippen LogP contribution in [-0.4, -0.2) is 24.1 Å². The Balaban J connectivity index is 2.24. The number of hydrogen-bond donors (Lipinski definition) is 1. The summed E-state index contributed by atoms with van der Waals surface area (Å²) in [5.74, 6) is 0.836. The molecule has 1 aromatic rings. The number of pyridine rings is 1. The minimum atomic E-state index is 0.247. The highest BCUT2D eigenvalue weighted by atomic mass is 79.9. The van der Waals surface area contributed by atoms with Gasteiger partial charge in [0.25, 0.3) is 0 Å². The van der Waals surface area contributed by atoms with Crippen LogP contribution in [0, 0.1) is 0 Å². The Morgan fingerprint density at radius 3 is 3.00 bits per heavy atom. The van der Waals surface area contributed by atoms with Crippen molar-refractivity contribution in [3.8, 4) is 0 Å². The third-order valence-electron chi connectivity index (χ3n) is 2.31. The Labute approximate surface area is 96.4 Å². The molecule has 0 bridgehead atoms. The second kappa shape index (κ2) is 4.04. The molecule has 1 aliphatic heterocycles. The minimum absolute atomic E-state index is 0.247. The Morgan fingerprint density at radius 2 is 2.43 bits per heavy atom. The normalized spacial score (nSPS) is 21.6. The van der Waals surface area contributed by atoms with Gasteiger partial charge in [-0.1, -0.05) is 11.6 Å². The first-order valence-electron chi connectivity index (χ1n) is 4.48. The van der Waals surface area contributed by atoms with Gasteiger partial charge in [0.2, 0.25) is 0 Å². The van der Waals surface area contributed by atoms with Gasteiger partial charge in [0.05, 0.1) is 5.02 Å². The average Bonchev–Trinajstić information content (AvgIpc) is 2.51. The van der Waals surface area contributed by atoms with Gasteiger partial charge in [0.15, 0.2) is 0 Å². The lowest BCUT2D eigenvalue weighted by molar-refractivity contribution is 0.751. The summed E-state index contributed by atoms with van der Waals surface area (Å²) in [4.78, 5) is 6.41. The van der Waals surface area contributed by atoms with Gasteiger partial charge in [-0.3, -0.25) is 0 Å². The molecule has 1 atom stereocenters. The molecule has 1 saturated heterocycles. The molecule has 14 heavy (non-hydrogen) atoms. The summed E-state index contributed by atoms with van der Waals surface area (Å²) in [6, 6.07) is 2.10. The first kappa shape index (κ1) is 10.2. The van der Waals surface area contributed by atoms with Crippen molar-refractivity contribution in [3.63, 3.8) is 0 Å². The summed E-state index contributed by atoms with van der Waals surface area (Å²) in [6.45, 7) is 1.78. The molecule has 0 radical (unpaired) electrons. The number of hydrogen-bond acceptors (Lipinski definition) is 3. The zero-order valence-corrected chi connectivity index (χ0v) is 9.92. The lowest BCUT2D eigenvalue weighted by Gasteiger charge is -2.17. The van der Waals surface area contributed by atoms with Crippen LogP contribution >= 0.6 is 27.5 Å². The van der Waals surface area contributed by atoms with Crippen molar-refractivity contribution in [1.29, 1.82) is 0 Å². The van der Waals surface area contributed by atoms with E-state index in [2.05, 4.69) is 25.8 Å². The van der Waals surface area contributed by atoms with Crippen molar-refractivity contribution in [2.75, 3.05) is 18.0 Å². The van der Waals surface area contributed by atoms with Crippen LogP contribution in [0.1, 0.15) is 6.42 Å². The average molecular weight is 277 g/mol. The van der Waals surface area contributed by atoms with E-state index >= 15 is 0 Å². The van der Waals surface area contributed by atoms with Gasteiger partial charge < -0.3 is 10.6 Å². The first-order valence-corrected chi connectivity index (χ1v) is 5.65. The summed E-state index contributed by atoms with van der Waals surface area (Å²) in [7, 11) is 0. The predicted octanol–water partition coefficient (Wildman–Crippen LogP) is 2.03. The number of nitrogens with zero attached hydrogens (tertiary/aromatic N) is 2. The van der Waals surface area contributed by atoms with Crippen LogP contribution in [0.2, 0.25) is 5.02 Å². The fourth-order valence-electron chi connectivity index (χ4n) is 1.62. The summed E-state index contributed by atoms with van der Waals surface area (Å²) in [5.41, 5.74) is 5.82. The van der Waals surface area contributed by atoms with Crippen LogP contribution in [0.3, 0.4) is 0 Å². The van der Waals surface area contributed by atoms with E-state index in [-0.39, 0.29) is 6.04 Å². The highest BCUT2D eigenvalue weighted by Gasteiger charge is 2.21. The second-order valence-electron chi connectivity index (χ2n) is 3.45. The van der Waals surface area contributed by atoms with Gasteiger partial charge in [-0.05, 0) is 28.4 Å². The molecule has 0 amide bonds. The Morgan fingerprint density at radius 1 is 1.64 bits per heavy atom. The Bertz CT molecular complexity index is 345. The van der Waals surface area contributed by atoms with Gasteiger partial charge in [0.1, 0.15) is 5.82 Å². The van der Waals surface area contributed by atoms with Crippen LogP contribution in [0.4, 0.5) is 5.82 Å². The molecule has 76 valence electrons. The van der Waals surface area contributed by atoms with E-state index in [4.69, 9.17) is 17.3 Å². The van der Waals surface area contributed by atoms with E-state index < -0.39 is 0 Å². The van der Waals surface area contributed by atoms with E-state index in [0.717, 1.165) is 29.8 Å². The Hall–Kier alpha value is -0.320. The summed E-state index contributed by atoms with van der Waals surface area (Å²) >= 11 is 9.41. The minimum Gasteiger partial charge on any atom is -0.354 e. The molecule has 2 N–H and O–H groups in total. The number of anilines is 1. The van der Waals surface area contributed by atoms with E-state index in [1.165, 1.54) is 0 Å². The van der Waals surface area contributed by atoms with Crippen LogP contribution < -0.4 is 10.6 Å². The van der Waals surface area contributed by atoms with Crippen LogP contribution in [0.15, 0.2) is 16.7 Å². The standard InChI is InChI=1S/C9H11BrClN3/c10-6-3-8(11)9(13-4-6)14-2-1-7(12)5-14/h3-4,7H,1-2,5,12H2. The highest BCUT2D eigenvalue weighted by Crippen LogP contribution is 2.28. The van der Waals surface area contributed by atoms with Crippen LogP contribution in [0.5, 0.6) is 0 Å². The van der Waals surface area contributed by atoms with E-state index in [1.807, 2.05) is 6.07 Å². The van der Waals surface area contributed by atoms with Crippen molar-refractivity contribution in [3.05, 3.63) is 21.8 Å². The smallest absolute Gasteiger partial charge is 0.147 e. The fraction of sp³-hybridized carbons (Fsp3) is 0.444. The lowest BCUT2D eigenvalue weighted by Crippen LogP contribution is -2.27. The van der Waals surface area contributed by atoms with Gasteiger partial charge in [-0.25, -0.2) is 4.98 Å². The zero-order valence-electron chi connectivity index (χ0n) is 7.58. The summed E-state index contributed by atoms with van der Waals surface area (Å²) in [5, 5.41) is 0.675. The monoisotopic (exact) mass is 275 g/mol. The SMILES string of the molecule is NC1CCN(c2ncc(Br)cc2Cl)C1. The maximum Gasteiger partial charge on any atom is 0.147 e. The van der Waals surface area contributed by atoms with E-state index in [1.54, 1.807) is 6.20 Å². The third kappa shape index (κ3) is 2.02. The molecule has 0 aliphatic carbocycles. The second-order valence-corrected chi connectivity index (χ2v) is 4.78. The maximum absolute atomic E-state index is 6.08. The van der Waals surface area contributed by atoms with Gasteiger partial charge in [-0.2, -0.15) is 0 Å². The molecule has 0 saturated carbocycles. The quantitative estimate of drug-likeness (QED) is 0.853. The fourth-order valence-corrected chi connectivity index (χ4v) is 2.37. The zero-order chi connectivity index (χ0) is 10.1. The predicted molar refractivity (Wildman–Crippen MR) is 61.8 cm³/mol. The van der Waals surface area contributed by atoms with Gasteiger partial charge in [-0.15, -0.1) is 0 Å². The molecule has 0 spiro atoms. The van der Waals surface area contributed by atoms with Crippen molar-refractivity contribution >= 4 is 33.3 Å². The Kier molecular flexibility index (Phi) is 2.95. The molecule has 2 heterocycles. The molecule has 2 rings (SSSR count). The highest BCUT2D eigenvalue weighted by molar-refractivity contribution is 9.10. The van der Waals surface area contributed by atoms with Crippen LogP contribution in [-0.2, 0) is 0 Å². The molecule has 3 nitrogen and oxygen atoms in total. The molecule has 1 fully saturated rings. The molecule has 0 aromatic carbocycles. The van der Waals surface area contributed by atoms with E-state index in [0.29, 0.717) is 5.02 Å². The number of nitrogens with two attached hydrogens (primary N) is 1. The number of aromatic nitrogens is 1. The van der Waals surface area contributed by atoms with Crippen LogP contribution in [0.25, 0.3) is 0 Å². The molecule has 5 heteroatoms. The first-order chi connectivity index (χ1) is 6.66. The van der Waals surface area contributed by atoms with Gasteiger partial charge in [0, 0.05) is 29.8 Å².